The molecule has 2 heterocycles. The normalized spacial score (nSPS) is 22.5. The number of carboxylic acids is 1. The quantitative estimate of drug-likeness (QED) is 0.919. The van der Waals surface area contributed by atoms with Crippen molar-refractivity contribution >= 4 is 22.6 Å². The molecule has 0 spiro atoms. The van der Waals surface area contributed by atoms with E-state index in [1.807, 2.05) is 31.2 Å². The molecule has 2 unspecified atom stereocenters. The Labute approximate surface area is 123 Å². The molecular weight excluding hydrogens is 268 g/mol. The van der Waals surface area contributed by atoms with Crippen LogP contribution in [0.4, 0.5) is 5.82 Å². The molecular formula is C16H18N2O3. The van der Waals surface area contributed by atoms with Crippen molar-refractivity contribution in [2.75, 3.05) is 18.1 Å². The van der Waals surface area contributed by atoms with Crippen molar-refractivity contribution in [1.82, 2.24) is 4.98 Å². The lowest BCUT2D eigenvalue weighted by molar-refractivity contribution is 0.0341. The minimum atomic E-state index is -0.950. The van der Waals surface area contributed by atoms with Crippen LogP contribution in [0.1, 0.15) is 24.2 Å². The van der Waals surface area contributed by atoms with Crippen LogP contribution >= 0.6 is 0 Å². The standard InChI is InChI=1S/C16H18N2O3/c1-10-9-21-11(2)8-18(10)15-13-6-4-3-5-12(13)14(7-17-15)16(19)20/h3-7,10-11H,8-9H2,1-2H3,(H,19,20). The summed E-state index contributed by atoms with van der Waals surface area (Å²) in [5, 5.41) is 10.9. The van der Waals surface area contributed by atoms with E-state index in [4.69, 9.17) is 4.74 Å². The summed E-state index contributed by atoms with van der Waals surface area (Å²) in [7, 11) is 0. The van der Waals surface area contributed by atoms with Crippen molar-refractivity contribution in [1.29, 1.82) is 0 Å². The van der Waals surface area contributed by atoms with Gasteiger partial charge in [-0.2, -0.15) is 0 Å². The fourth-order valence-corrected chi connectivity index (χ4v) is 2.78. The highest BCUT2D eigenvalue weighted by Gasteiger charge is 2.26. The average molecular weight is 286 g/mol. The van der Waals surface area contributed by atoms with E-state index in [1.54, 1.807) is 0 Å². The summed E-state index contributed by atoms with van der Waals surface area (Å²) in [6.07, 6.45) is 1.59. The number of hydrogen-bond acceptors (Lipinski definition) is 4. The molecule has 0 bridgehead atoms. The second-order valence-electron chi connectivity index (χ2n) is 5.49. The lowest BCUT2D eigenvalue weighted by Crippen LogP contribution is -2.47. The minimum absolute atomic E-state index is 0.140. The molecule has 1 N–H and O–H groups in total. The van der Waals surface area contributed by atoms with Crippen molar-refractivity contribution in [3.05, 3.63) is 36.0 Å². The van der Waals surface area contributed by atoms with E-state index in [-0.39, 0.29) is 17.7 Å². The Morgan fingerprint density at radius 2 is 2.05 bits per heavy atom. The van der Waals surface area contributed by atoms with Crippen LogP contribution in [-0.2, 0) is 4.74 Å². The summed E-state index contributed by atoms with van der Waals surface area (Å²) in [5.74, 6) is -0.119. The maximum atomic E-state index is 11.3. The fourth-order valence-electron chi connectivity index (χ4n) is 2.78. The zero-order valence-electron chi connectivity index (χ0n) is 12.1. The summed E-state index contributed by atoms with van der Waals surface area (Å²) in [4.78, 5) is 18.0. The van der Waals surface area contributed by atoms with Crippen LogP contribution in [0.3, 0.4) is 0 Å². The SMILES string of the molecule is CC1CN(c2ncc(C(=O)O)c3ccccc23)C(C)CO1. The van der Waals surface area contributed by atoms with Gasteiger partial charge < -0.3 is 14.7 Å². The number of fused-ring (bicyclic) bond motifs is 1. The summed E-state index contributed by atoms with van der Waals surface area (Å²) in [6.45, 7) is 5.53. The van der Waals surface area contributed by atoms with Crippen LogP contribution in [0, 0.1) is 0 Å². The molecule has 1 aliphatic rings. The van der Waals surface area contributed by atoms with Gasteiger partial charge in [-0.1, -0.05) is 24.3 Å². The largest absolute Gasteiger partial charge is 0.478 e. The maximum Gasteiger partial charge on any atom is 0.337 e. The molecule has 0 saturated carbocycles. The van der Waals surface area contributed by atoms with Gasteiger partial charge in [0.05, 0.1) is 24.3 Å². The highest BCUT2D eigenvalue weighted by Crippen LogP contribution is 2.30. The van der Waals surface area contributed by atoms with Gasteiger partial charge in [0.2, 0.25) is 0 Å². The summed E-state index contributed by atoms with van der Waals surface area (Å²) in [5.41, 5.74) is 0.239. The van der Waals surface area contributed by atoms with Crippen LogP contribution < -0.4 is 4.90 Å². The number of aromatic carboxylic acids is 1. The molecule has 3 rings (SSSR count). The van der Waals surface area contributed by atoms with Crippen LogP contribution in [-0.4, -0.2) is 41.4 Å². The molecule has 1 fully saturated rings. The molecule has 2 aromatic rings. The summed E-state index contributed by atoms with van der Waals surface area (Å²) < 4.78 is 5.65. The predicted octanol–water partition coefficient (Wildman–Crippen LogP) is 2.55. The smallest absolute Gasteiger partial charge is 0.337 e. The zero-order valence-corrected chi connectivity index (χ0v) is 12.1. The van der Waals surface area contributed by atoms with E-state index in [0.717, 1.165) is 23.1 Å². The first-order chi connectivity index (χ1) is 10.1. The number of aromatic nitrogens is 1. The number of carboxylic acid groups (broad SMARTS) is 1. The van der Waals surface area contributed by atoms with Gasteiger partial charge in [-0.15, -0.1) is 0 Å². The second-order valence-corrected chi connectivity index (χ2v) is 5.49. The molecule has 0 radical (unpaired) electrons. The highest BCUT2D eigenvalue weighted by molar-refractivity contribution is 6.06. The van der Waals surface area contributed by atoms with Crippen LogP contribution in [0.25, 0.3) is 10.8 Å². The lowest BCUT2D eigenvalue weighted by atomic mass is 10.1. The number of rotatable bonds is 2. The van der Waals surface area contributed by atoms with E-state index >= 15 is 0 Å². The van der Waals surface area contributed by atoms with Gasteiger partial charge in [-0.05, 0) is 13.8 Å². The lowest BCUT2D eigenvalue weighted by Gasteiger charge is -2.38. The maximum absolute atomic E-state index is 11.3. The first-order valence-corrected chi connectivity index (χ1v) is 7.07. The van der Waals surface area contributed by atoms with Crippen molar-refractivity contribution in [3.63, 3.8) is 0 Å². The van der Waals surface area contributed by atoms with Gasteiger partial charge in [0.1, 0.15) is 5.82 Å². The molecule has 21 heavy (non-hydrogen) atoms. The Balaban J connectivity index is 2.15. The third-order valence-corrected chi connectivity index (χ3v) is 3.88. The van der Waals surface area contributed by atoms with Crippen molar-refractivity contribution in [2.24, 2.45) is 0 Å². The van der Waals surface area contributed by atoms with E-state index in [9.17, 15) is 9.90 Å². The molecule has 1 saturated heterocycles. The van der Waals surface area contributed by atoms with Gasteiger partial charge in [0.25, 0.3) is 0 Å². The molecule has 1 aromatic carbocycles. The summed E-state index contributed by atoms with van der Waals surface area (Å²) in [6, 6.07) is 7.74. The highest BCUT2D eigenvalue weighted by atomic mass is 16.5. The Morgan fingerprint density at radius 1 is 1.33 bits per heavy atom. The third kappa shape index (κ3) is 2.45. The van der Waals surface area contributed by atoms with Crippen molar-refractivity contribution < 1.29 is 14.6 Å². The Kier molecular flexibility index (Phi) is 3.51. The van der Waals surface area contributed by atoms with Crippen molar-refractivity contribution in [3.8, 4) is 0 Å². The topological polar surface area (TPSA) is 62.7 Å². The first kappa shape index (κ1) is 13.8. The number of ether oxygens (including phenoxy) is 1. The fraction of sp³-hybridized carbons (Fsp3) is 0.375. The predicted molar refractivity (Wildman–Crippen MR) is 80.9 cm³/mol. The van der Waals surface area contributed by atoms with E-state index < -0.39 is 5.97 Å². The van der Waals surface area contributed by atoms with Crippen molar-refractivity contribution in [2.45, 2.75) is 26.0 Å². The monoisotopic (exact) mass is 286 g/mol. The second kappa shape index (κ2) is 5.33. The van der Waals surface area contributed by atoms with Gasteiger partial charge >= 0.3 is 5.97 Å². The van der Waals surface area contributed by atoms with Crippen LogP contribution in [0.5, 0.6) is 0 Å². The summed E-state index contributed by atoms with van der Waals surface area (Å²) >= 11 is 0. The molecule has 2 atom stereocenters. The van der Waals surface area contributed by atoms with Gasteiger partial charge in [-0.3, -0.25) is 0 Å². The molecule has 1 aromatic heterocycles. The number of benzene rings is 1. The number of morpholine rings is 1. The van der Waals surface area contributed by atoms with Gasteiger partial charge in [0, 0.05) is 23.5 Å². The first-order valence-electron chi connectivity index (χ1n) is 7.07. The number of hydrogen-bond donors (Lipinski definition) is 1. The molecule has 110 valence electrons. The Hall–Kier alpha value is -2.14. The van der Waals surface area contributed by atoms with Crippen LogP contribution in [0.2, 0.25) is 0 Å². The number of pyridine rings is 1. The molecule has 5 heteroatoms. The van der Waals surface area contributed by atoms with E-state index in [0.29, 0.717) is 6.61 Å². The third-order valence-electron chi connectivity index (χ3n) is 3.88. The van der Waals surface area contributed by atoms with E-state index in [1.165, 1.54) is 6.20 Å². The van der Waals surface area contributed by atoms with E-state index in [2.05, 4.69) is 16.8 Å². The van der Waals surface area contributed by atoms with Crippen LogP contribution in [0.15, 0.2) is 30.5 Å². The van der Waals surface area contributed by atoms with Gasteiger partial charge in [-0.25, -0.2) is 9.78 Å². The Morgan fingerprint density at radius 3 is 2.76 bits per heavy atom. The Bertz CT molecular complexity index is 686. The molecule has 0 aliphatic carbocycles. The number of nitrogens with zero attached hydrogens (tertiary/aromatic N) is 2. The van der Waals surface area contributed by atoms with Gasteiger partial charge in [0.15, 0.2) is 0 Å². The molecule has 1 aliphatic heterocycles. The number of carbonyl (C=O) groups is 1. The number of anilines is 1. The molecule has 0 amide bonds. The average Bonchev–Trinajstić information content (AvgIpc) is 2.48. The minimum Gasteiger partial charge on any atom is -0.478 e. The zero-order chi connectivity index (χ0) is 15.0. The molecule has 5 nitrogen and oxygen atoms in total.